The second-order valence-electron chi connectivity index (χ2n) is 4.77. The van der Waals surface area contributed by atoms with Gasteiger partial charge < -0.3 is 14.2 Å². The average Bonchev–Trinajstić information content (AvgIpc) is 2.58. The van der Waals surface area contributed by atoms with Crippen molar-refractivity contribution in [1.29, 1.82) is 0 Å². The van der Waals surface area contributed by atoms with Crippen LogP contribution in [0.5, 0.6) is 11.5 Å². The number of ether oxygens (including phenoxy) is 3. The van der Waals surface area contributed by atoms with E-state index in [-0.39, 0.29) is 5.97 Å². The lowest BCUT2D eigenvalue weighted by Crippen LogP contribution is -2.03. The molecule has 0 aliphatic heterocycles. The summed E-state index contributed by atoms with van der Waals surface area (Å²) < 4.78 is 16.1. The van der Waals surface area contributed by atoms with Gasteiger partial charge in [0.1, 0.15) is 6.61 Å². The van der Waals surface area contributed by atoms with Gasteiger partial charge in [0.2, 0.25) is 0 Å². The maximum Gasteiger partial charge on any atom is 0.337 e. The summed E-state index contributed by atoms with van der Waals surface area (Å²) in [5, 5.41) is 0. The van der Waals surface area contributed by atoms with Crippen LogP contribution >= 0.6 is 0 Å². The highest BCUT2D eigenvalue weighted by Gasteiger charge is 2.06. The van der Waals surface area contributed by atoms with Gasteiger partial charge in [0, 0.05) is 0 Å². The van der Waals surface area contributed by atoms with E-state index in [4.69, 9.17) is 9.47 Å². The van der Waals surface area contributed by atoms with Crippen molar-refractivity contribution in [2.75, 3.05) is 13.7 Å². The van der Waals surface area contributed by atoms with Crippen LogP contribution in [-0.2, 0) is 11.3 Å². The minimum absolute atomic E-state index is 0.342. The van der Waals surface area contributed by atoms with Crippen molar-refractivity contribution in [3.05, 3.63) is 59.7 Å². The maximum atomic E-state index is 11.4. The Labute approximate surface area is 130 Å². The number of para-hydroxylation sites is 2. The van der Waals surface area contributed by atoms with E-state index in [0.29, 0.717) is 24.5 Å². The molecule has 0 heterocycles. The van der Waals surface area contributed by atoms with Crippen LogP contribution in [0.4, 0.5) is 0 Å². The molecule has 0 bridgehead atoms. The molecule has 0 spiro atoms. The van der Waals surface area contributed by atoms with E-state index in [0.717, 1.165) is 17.7 Å². The Morgan fingerprint density at radius 2 is 1.59 bits per heavy atom. The van der Waals surface area contributed by atoms with Crippen molar-refractivity contribution in [3.8, 4) is 11.5 Å². The summed E-state index contributed by atoms with van der Waals surface area (Å²) >= 11 is 0. The molecule has 0 aliphatic carbocycles. The van der Waals surface area contributed by atoms with Gasteiger partial charge in [-0.05, 0) is 36.2 Å². The predicted molar refractivity (Wildman–Crippen MR) is 84.3 cm³/mol. The van der Waals surface area contributed by atoms with E-state index in [1.807, 2.05) is 36.4 Å². The van der Waals surface area contributed by atoms with Crippen LogP contribution in [0.1, 0.15) is 29.3 Å². The molecule has 0 aromatic heterocycles. The molecule has 0 aliphatic rings. The van der Waals surface area contributed by atoms with E-state index >= 15 is 0 Å². The van der Waals surface area contributed by atoms with Gasteiger partial charge in [0.25, 0.3) is 0 Å². The normalized spacial score (nSPS) is 10.1. The fraction of sp³-hybridized carbons (Fsp3) is 0.278. The molecule has 4 nitrogen and oxygen atoms in total. The number of benzene rings is 2. The van der Waals surface area contributed by atoms with Crippen LogP contribution in [0.2, 0.25) is 0 Å². The van der Waals surface area contributed by atoms with E-state index in [9.17, 15) is 4.79 Å². The number of rotatable bonds is 7. The summed E-state index contributed by atoms with van der Waals surface area (Å²) in [7, 11) is 1.37. The standard InChI is InChI=1S/C18H20O4/c1-3-12-21-16-6-4-5-7-17(16)22-13-14-8-10-15(11-9-14)18(19)20-2/h4-11H,3,12-13H2,1-2H3. The first-order valence-corrected chi connectivity index (χ1v) is 7.26. The number of hydrogen-bond acceptors (Lipinski definition) is 4. The lowest BCUT2D eigenvalue weighted by molar-refractivity contribution is 0.0600. The molecule has 116 valence electrons. The Hall–Kier alpha value is -2.49. The molecule has 0 radical (unpaired) electrons. The topological polar surface area (TPSA) is 44.8 Å². The van der Waals surface area contributed by atoms with Gasteiger partial charge in [-0.25, -0.2) is 4.79 Å². The SMILES string of the molecule is CCCOc1ccccc1OCc1ccc(C(=O)OC)cc1. The van der Waals surface area contributed by atoms with E-state index < -0.39 is 0 Å². The predicted octanol–water partition coefficient (Wildman–Crippen LogP) is 3.84. The Kier molecular flexibility index (Phi) is 5.83. The molecule has 0 atom stereocenters. The Balaban J connectivity index is 1.99. The zero-order chi connectivity index (χ0) is 15.8. The smallest absolute Gasteiger partial charge is 0.337 e. The van der Waals surface area contributed by atoms with Gasteiger partial charge in [-0.15, -0.1) is 0 Å². The highest BCUT2D eigenvalue weighted by molar-refractivity contribution is 5.89. The molecule has 0 saturated heterocycles. The number of carbonyl (C=O) groups is 1. The number of esters is 1. The number of hydrogen-bond donors (Lipinski definition) is 0. The first-order chi connectivity index (χ1) is 10.7. The van der Waals surface area contributed by atoms with Crippen LogP contribution in [0, 0.1) is 0 Å². The van der Waals surface area contributed by atoms with E-state index in [1.165, 1.54) is 7.11 Å². The third-order valence-electron chi connectivity index (χ3n) is 3.08. The zero-order valence-corrected chi connectivity index (χ0v) is 12.9. The molecule has 2 rings (SSSR count). The van der Waals surface area contributed by atoms with Crippen LogP contribution < -0.4 is 9.47 Å². The van der Waals surface area contributed by atoms with Crippen LogP contribution in [-0.4, -0.2) is 19.7 Å². The third-order valence-corrected chi connectivity index (χ3v) is 3.08. The van der Waals surface area contributed by atoms with Crippen molar-refractivity contribution < 1.29 is 19.0 Å². The number of methoxy groups -OCH3 is 1. The summed E-state index contributed by atoms with van der Waals surface area (Å²) in [5.41, 5.74) is 1.50. The zero-order valence-electron chi connectivity index (χ0n) is 12.9. The van der Waals surface area contributed by atoms with Crippen molar-refractivity contribution >= 4 is 5.97 Å². The maximum absolute atomic E-state index is 11.4. The largest absolute Gasteiger partial charge is 0.490 e. The molecule has 0 amide bonds. The minimum Gasteiger partial charge on any atom is -0.490 e. The molecule has 22 heavy (non-hydrogen) atoms. The van der Waals surface area contributed by atoms with E-state index in [1.54, 1.807) is 12.1 Å². The fourth-order valence-corrected chi connectivity index (χ4v) is 1.92. The molecule has 0 unspecified atom stereocenters. The molecular formula is C18H20O4. The number of carbonyl (C=O) groups excluding carboxylic acids is 1. The van der Waals surface area contributed by atoms with Crippen molar-refractivity contribution in [2.45, 2.75) is 20.0 Å². The van der Waals surface area contributed by atoms with E-state index in [2.05, 4.69) is 11.7 Å². The van der Waals surface area contributed by atoms with Crippen molar-refractivity contribution in [1.82, 2.24) is 0 Å². The summed E-state index contributed by atoms with van der Waals surface area (Å²) in [5.74, 6) is 1.12. The van der Waals surface area contributed by atoms with Crippen molar-refractivity contribution in [3.63, 3.8) is 0 Å². The van der Waals surface area contributed by atoms with Crippen LogP contribution in [0.25, 0.3) is 0 Å². The van der Waals surface area contributed by atoms with Gasteiger partial charge in [0.05, 0.1) is 19.3 Å². The monoisotopic (exact) mass is 300 g/mol. The second-order valence-corrected chi connectivity index (χ2v) is 4.77. The lowest BCUT2D eigenvalue weighted by atomic mass is 10.1. The second kappa shape index (κ2) is 8.08. The van der Waals surface area contributed by atoms with Crippen molar-refractivity contribution in [2.24, 2.45) is 0 Å². The summed E-state index contributed by atoms with van der Waals surface area (Å²) in [6, 6.07) is 14.8. The quantitative estimate of drug-likeness (QED) is 0.729. The molecule has 0 saturated carbocycles. The Bertz CT molecular complexity index is 605. The van der Waals surface area contributed by atoms with Crippen LogP contribution in [0.15, 0.2) is 48.5 Å². The Morgan fingerprint density at radius 3 is 2.18 bits per heavy atom. The lowest BCUT2D eigenvalue weighted by Gasteiger charge is -2.12. The molecule has 0 fully saturated rings. The Morgan fingerprint density at radius 1 is 0.955 bits per heavy atom. The van der Waals surface area contributed by atoms with Gasteiger partial charge in [-0.1, -0.05) is 31.2 Å². The van der Waals surface area contributed by atoms with Gasteiger partial charge >= 0.3 is 5.97 Å². The molecule has 2 aromatic rings. The highest BCUT2D eigenvalue weighted by Crippen LogP contribution is 2.27. The van der Waals surface area contributed by atoms with Gasteiger partial charge in [0.15, 0.2) is 11.5 Å². The average molecular weight is 300 g/mol. The molecule has 4 heteroatoms. The highest BCUT2D eigenvalue weighted by atomic mass is 16.5. The van der Waals surface area contributed by atoms with Gasteiger partial charge in [-0.3, -0.25) is 0 Å². The minimum atomic E-state index is -0.342. The van der Waals surface area contributed by atoms with Gasteiger partial charge in [-0.2, -0.15) is 0 Å². The third kappa shape index (κ3) is 4.25. The first kappa shape index (κ1) is 15.9. The fourth-order valence-electron chi connectivity index (χ4n) is 1.92. The summed E-state index contributed by atoms with van der Waals surface area (Å²) in [4.78, 5) is 11.4. The first-order valence-electron chi connectivity index (χ1n) is 7.26. The summed E-state index contributed by atoms with van der Waals surface area (Å²) in [6.07, 6.45) is 0.948. The summed E-state index contributed by atoms with van der Waals surface area (Å²) in [6.45, 7) is 3.13. The molecule has 0 N–H and O–H groups in total. The van der Waals surface area contributed by atoms with Crippen LogP contribution in [0.3, 0.4) is 0 Å². The molecular weight excluding hydrogens is 280 g/mol. The molecule has 2 aromatic carbocycles.